The number of ether oxygens (including phenoxy) is 3. The van der Waals surface area contributed by atoms with E-state index in [2.05, 4.69) is 10.2 Å². The molecule has 0 aliphatic carbocycles. The molecule has 3 aliphatic rings. The minimum Gasteiger partial charge on any atom is -0.381 e. The van der Waals surface area contributed by atoms with Gasteiger partial charge >= 0.3 is 0 Å². The number of piperidine rings is 1. The van der Waals surface area contributed by atoms with Crippen LogP contribution in [0.25, 0.3) is 0 Å². The molecular formula is C18H31N3O5. The second-order valence-corrected chi connectivity index (χ2v) is 7.45. The fraction of sp³-hybridized carbons (Fsp3) is 0.889. The van der Waals surface area contributed by atoms with Gasteiger partial charge in [0.25, 0.3) is 0 Å². The lowest BCUT2D eigenvalue weighted by Gasteiger charge is -2.39. The summed E-state index contributed by atoms with van der Waals surface area (Å²) >= 11 is 0. The minimum atomic E-state index is -0.498. The molecule has 148 valence electrons. The Balaban J connectivity index is 1.44. The van der Waals surface area contributed by atoms with E-state index in [-0.39, 0.29) is 30.6 Å². The van der Waals surface area contributed by atoms with Crippen LogP contribution >= 0.6 is 0 Å². The number of hydrogen-bond donors (Lipinski definition) is 2. The monoisotopic (exact) mass is 369 g/mol. The van der Waals surface area contributed by atoms with Crippen molar-refractivity contribution in [1.82, 2.24) is 10.2 Å². The number of carbonyl (C=O) groups is 2. The predicted octanol–water partition coefficient (Wildman–Crippen LogP) is -0.347. The Kier molecular flexibility index (Phi) is 7.24. The van der Waals surface area contributed by atoms with Gasteiger partial charge in [-0.3, -0.25) is 9.59 Å². The number of amides is 2. The normalized spacial score (nSPS) is 29.4. The zero-order valence-electron chi connectivity index (χ0n) is 15.4. The molecule has 3 fully saturated rings. The Hall–Kier alpha value is -1.22. The smallest absolute Gasteiger partial charge is 0.243 e. The Morgan fingerprint density at radius 2 is 1.73 bits per heavy atom. The summed E-state index contributed by atoms with van der Waals surface area (Å²) in [6.45, 7) is 4.48. The first kappa shape index (κ1) is 19.5. The van der Waals surface area contributed by atoms with Crippen molar-refractivity contribution in [3.8, 4) is 0 Å². The lowest BCUT2D eigenvalue weighted by atomic mass is 9.93. The Bertz CT molecular complexity index is 475. The molecule has 26 heavy (non-hydrogen) atoms. The van der Waals surface area contributed by atoms with Gasteiger partial charge in [0.1, 0.15) is 6.61 Å². The summed E-state index contributed by atoms with van der Waals surface area (Å²) in [6, 6.07) is 0.384. The van der Waals surface area contributed by atoms with Gasteiger partial charge in [0, 0.05) is 31.8 Å². The number of likely N-dealkylation sites (tertiary alicyclic amines) is 1. The van der Waals surface area contributed by atoms with Crippen molar-refractivity contribution >= 4 is 11.8 Å². The maximum Gasteiger partial charge on any atom is 0.243 e. The largest absolute Gasteiger partial charge is 0.381 e. The summed E-state index contributed by atoms with van der Waals surface area (Å²) in [6.07, 6.45) is 4.38. The second-order valence-electron chi connectivity index (χ2n) is 7.45. The molecule has 0 aromatic heterocycles. The van der Waals surface area contributed by atoms with E-state index in [1.54, 1.807) is 0 Å². The fourth-order valence-electron chi connectivity index (χ4n) is 4.12. The first-order valence-electron chi connectivity index (χ1n) is 9.73. The van der Waals surface area contributed by atoms with Crippen LogP contribution in [0, 0.1) is 5.92 Å². The van der Waals surface area contributed by atoms with E-state index < -0.39 is 5.91 Å². The SMILES string of the molecule is NC(=O)CO[C@@H]1CCOC[C@@H]1NC(=O)C1CCN(C2CCOCC2)CC1. The van der Waals surface area contributed by atoms with Gasteiger partial charge in [-0.15, -0.1) is 0 Å². The molecule has 2 amide bonds. The Labute approximate surface area is 154 Å². The lowest BCUT2D eigenvalue weighted by Crippen LogP contribution is -2.54. The maximum atomic E-state index is 12.7. The van der Waals surface area contributed by atoms with Crippen molar-refractivity contribution in [2.45, 2.75) is 50.3 Å². The van der Waals surface area contributed by atoms with E-state index in [4.69, 9.17) is 19.9 Å². The molecule has 0 unspecified atom stereocenters. The first-order valence-corrected chi connectivity index (χ1v) is 9.73. The van der Waals surface area contributed by atoms with Gasteiger partial charge < -0.3 is 30.2 Å². The lowest BCUT2D eigenvalue weighted by molar-refractivity contribution is -0.134. The summed E-state index contributed by atoms with van der Waals surface area (Å²) in [5, 5.41) is 3.08. The van der Waals surface area contributed by atoms with Gasteiger partial charge in [-0.25, -0.2) is 0 Å². The molecule has 2 atom stereocenters. The molecule has 0 aromatic carbocycles. The number of nitrogens with one attached hydrogen (secondary N) is 1. The van der Waals surface area contributed by atoms with Gasteiger partial charge in [0.15, 0.2) is 0 Å². The number of rotatable bonds is 6. The minimum absolute atomic E-state index is 0.0322. The molecule has 0 saturated carbocycles. The third-order valence-electron chi connectivity index (χ3n) is 5.67. The molecule has 3 N–H and O–H groups in total. The summed E-state index contributed by atoms with van der Waals surface area (Å²) in [4.78, 5) is 26.1. The predicted molar refractivity (Wildman–Crippen MR) is 94.4 cm³/mol. The summed E-state index contributed by atoms with van der Waals surface area (Å²) < 4.78 is 16.5. The van der Waals surface area contributed by atoms with Crippen molar-refractivity contribution < 1.29 is 23.8 Å². The highest BCUT2D eigenvalue weighted by atomic mass is 16.5. The van der Waals surface area contributed by atoms with Gasteiger partial charge in [-0.05, 0) is 45.2 Å². The van der Waals surface area contributed by atoms with Crippen LogP contribution in [-0.2, 0) is 23.8 Å². The topological polar surface area (TPSA) is 103 Å². The molecule has 0 aromatic rings. The Morgan fingerprint density at radius 1 is 1.04 bits per heavy atom. The average Bonchev–Trinajstić information content (AvgIpc) is 2.68. The molecule has 3 saturated heterocycles. The van der Waals surface area contributed by atoms with Crippen LogP contribution in [0.2, 0.25) is 0 Å². The standard InChI is InChI=1S/C18H31N3O5/c19-17(22)12-26-16-5-10-25-11-15(16)20-18(23)13-1-6-21(7-2-13)14-3-8-24-9-4-14/h13-16H,1-12H2,(H2,19,22)(H,20,23)/t15-,16+/m0/s1. The van der Waals surface area contributed by atoms with Crippen molar-refractivity contribution in [3.05, 3.63) is 0 Å². The number of nitrogens with zero attached hydrogens (tertiary/aromatic N) is 1. The average molecular weight is 369 g/mol. The van der Waals surface area contributed by atoms with E-state index in [9.17, 15) is 9.59 Å². The highest BCUT2D eigenvalue weighted by molar-refractivity contribution is 5.79. The van der Waals surface area contributed by atoms with E-state index in [1.165, 1.54) is 0 Å². The zero-order valence-corrected chi connectivity index (χ0v) is 15.4. The van der Waals surface area contributed by atoms with Gasteiger partial charge in [-0.1, -0.05) is 0 Å². The second kappa shape index (κ2) is 9.64. The van der Waals surface area contributed by atoms with Gasteiger partial charge in [0.05, 0.1) is 18.8 Å². The van der Waals surface area contributed by atoms with Crippen LogP contribution in [0.5, 0.6) is 0 Å². The maximum absolute atomic E-state index is 12.7. The molecule has 3 heterocycles. The van der Waals surface area contributed by atoms with E-state index >= 15 is 0 Å². The molecule has 0 spiro atoms. The van der Waals surface area contributed by atoms with Crippen molar-refractivity contribution in [1.29, 1.82) is 0 Å². The van der Waals surface area contributed by atoms with Crippen molar-refractivity contribution in [3.63, 3.8) is 0 Å². The third kappa shape index (κ3) is 5.39. The van der Waals surface area contributed by atoms with E-state index in [1.807, 2.05) is 0 Å². The fourth-order valence-corrected chi connectivity index (χ4v) is 4.12. The highest BCUT2D eigenvalue weighted by Gasteiger charge is 2.33. The molecular weight excluding hydrogens is 338 g/mol. The van der Waals surface area contributed by atoms with Crippen LogP contribution in [0.15, 0.2) is 0 Å². The molecule has 8 nitrogen and oxygen atoms in total. The molecule has 3 rings (SSSR count). The van der Waals surface area contributed by atoms with E-state index in [0.717, 1.165) is 52.0 Å². The number of hydrogen-bond acceptors (Lipinski definition) is 6. The Morgan fingerprint density at radius 3 is 2.42 bits per heavy atom. The van der Waals surface area contributed by atoms with Gasteiger partial charge in [0.2, 0.25) is 11.8 Å². The molecule has 8 heteroatoms. The highest BCUT2D eigenvalue weighted by Crippen LogP contribution is 2.24. The van der Waals surface area contributed by atoms with Gasteiger partial charge in [-0.2, -0.15) is 0 Å². The number of carbonyl (C=O) groups excluding carboxylic acids is 2. The number of nitrogens with two attached hydrogens (primary N) is 1. The van der Waals surface area contributed by atoms with Crippen LogP contribution < -0.4 is 11.1 Å². The molecule has 3 aliphatic heterocycles. The van der Waals surface area contributed by atoms with Crippen molar-refractivity contribution in [2.75, 3.05) is 46.1 Å². The first-order chi connectivity index (χ1) is 12.6. The molecule has 0 radical (unpaired) electrons. The van der Waals surface area contributed by atoms with Crippen LogP contribution in [-0.4, -0.2) is 81.0 Å². The summed E-state index contributed by atoms with van der Waals surface area (Å²) in [5.41, 5.74) is 5.15. The van der Waals surface area contributed by atoms with Crippen LogP contribution in [0.4, 0.5) is 0 Å². The van der Waals surface area contributed by atoms with Crippen LogP contribution in [0.1, 0.15) is 32.1 Å². The van der Waals surface area contributed by atoms with E-state index in [0.29, 0.717) is 25.7 Å². The van der Waals surface area contributed by atoms with Crippen LogP contribution in [0.3, 0.4) is 0 Å². The summed E-state index contributed by atoms with van der Waals surface area (Å²) in [7, 11) is 0. The third-order valence-corrected chi connectivity index (χ3v) is 5.67. The zero-order chi connectivity index (χ0) is 18.4. The molecule has 0 bridgehead atoms. The quantitative estimate of drug-likeness (QED) is 0.664. The van der Waals surface area contributed by atoms with Crippen molar-refractivity contribution in [2.24, 2.45) is 11.7 Å². The summed E-state index contributed by atoms with van der Waals surface area (Å²) in [5.74, 6) is -0.397. The number of primary amides is 1.